The predicted molar refractivity (Wildman–Crippen MR) is 129 cm³/mol. The number of carbonyl (C=O) groups excluding carboxylic acids is 3. The van der Waals surface area contributed by atoms with Crippen molar-refractivity contribution in [2.45, 2.75) is 39.8 Å². The number of ether oxygens (including phenoxy) is 1. The molecule has 7 nitrogen and oxygen atoms in total. The van der Waals surface area contributed by atoms with Crippen LogP contribution in [0.25, 0.3) is 0 Å². The van der Waals surface area contributed by atoms with Crippen molar-refractivity contribution in [1.82, 2.24) is 9.80 Å². The lowest BCUT2D eigenvalue weighted by molar-refractivity contribution is -0.552. The van der Waals surface area contributed by atoms with Gasteiger partial charge in [0.25, 0.3) is 11.8 Å². The molecule has 1 atom stereocenters. The number of rotatable bonds is 7. The monoisotopic (exact) mass is 482 g/mol. The van der Waals surface area contributed by atoms with Gasteiger partial charge in [-0.1, -0.05) is 35.9 Å². The zero-order chi connectivity index (χ0) is 24.5. The fourth-order valence-electron chi connectivity index (χ4n) is 4.12. The van der Waals surface area contributed by atoms with Crippen LogP contribution >= 0.6 is 11.6 Å². The van der Waals surface area contributed by atoms with Gasteiger partial charge in [-0.25, -0.2) is 4.58 Å². The lowest BCUT2D eigenvalue weighted by atomic mass is 9.98. The molecule has 2 heterocycles. The molecule has 0 N–H and O–H groups in total. The Morgan fingerprint density at radius 3 is 2.26 bits per heavy atom. The van der Waals surface area contributed by atoms with Crippen LogP contribution in [0.15, 0.2) is 48.5 Å². The van der Waals surface area contributed by atoms with E-state index in [-0.39, 0.29) is 30.6 Å². The fourth-order valence-corrected chi connectivity index (χ4v) is 4.24. The summed E-state index contributed by atoms with van der Waals surface area (Å²) in [7, 11) is 0. The Labute approximate surface area is 204 Å². The number of esters is 1. The van der Waals surface area contributed by atoms with Crippen molar-refractivity contribution in [2.24, 2.45) is 5.41 Å². The number of halogens is 1. The first-order valence-electron chi connectivity index (χ1n) is 11.3. The van der Waals surface area contributed by atoms with Crippen molar-refractivity contribution in [3.8, 4) is 0 Å². The number of amides is 2. The normalized spacial score (nSPS) is 17.8. The zero-order valence-electron chi connectivity index (χ0n) is 19.7. The Bertz CT molecular complexity index is 1100. The van der Waals surface area contributed by atoms with Crippen LogP contribution in [0, 0.1) is 5.41 Å². The molecule has 2 aliphatic heterocycles. The second-order valence-corrected chi connectivity index (χ2v) is 10.2. The second kappa shape index (κ2) is 9.58. The molecule has 0 radical (unpaired) electrons. The number of nitrogens with zero attached hydrogens (tertiary/aromatic N) is 3. The number of hydrogen-bond acceptors (Lipinski definition) is 5. The number of fused-ring (bicyclic) bond motifs is 1. The molecular formula is C26H29ClN3O4+. The van der Waals surface area contributed by atoms with Crippen LogP contribution in [0.3, 0.4) is 0 Å². The van der Waals surface area contributed by atoms with E-state index in [4.69, 9.17) is 16.3 Å². The van der Waals surface area contributed by atoms with E-state index in [1.165, 1.54) is 4.90 Å². The molecule has 0 bridgehead atoms. The summed E-state index contributed by atoms with van der Waals surface area (Å²) < 4.78 is 7.45. The predicted octanol–water partition coefficient (Wildman–Crippen LogP) is 3.80. The van der Waals surface area contributed by atoms with Crippen molar-refractivity contribution >= 4 is 35.7 Å². The topological polar surface area (TPSA) is 69.9 Å². The largest absolute Gasteiger partial charge is 0.425 e. The smallest absolute Gasteiger partial charge is 0.314 e. The molecular weight excluding hydrogens is 454 g/mol. The van der Waals surface area contributed by atoms with E-state index in [9.17, 15) is 14.4 Å². The van der Waals surface area contributed by atoms with Crippen LogP contribution in [0.5, 0.6) is 0 Å². The quantitative estimate of drug-likeness (QED) is 0.341. The van der Waals surface area contributed by atoms with Gasteiger partial charge in [0.15, 0.2) is 0 Å². The molecule has 2 amide bonds. The van der Waals surface area contributed by atoms with E-state index in [2.05, 4.69) is 4.90 Å². The van der Waals surface area contributed by atoms with Crippen molar-refractivity contribution < 1.29 is 23.7 Å². The van der Waals surface area contributed by atoms with Gasteiger partial charge in [0.05, 0.1) is 16.5 Å². The maximum atomic E-state index is 12.8. The molecule has 0 aliphatic carbocycles. The van der Waals surface area contributed by atoms with Gasteiger partial charge in [0.2, 0.25) is 13.1 Å². The molecule has 1 unspecified atom stereocenters. The van der Waals surface area contributed by atoms with Crippen LogP contribution in [0.1, 0.15) is 53.5 Å². The van der Waals surface area contributed by atoms with E-state index >= 15 is 0 Å². The highest BCUT2D eigenvalue weighted by atomic mass is 35.5. The Morgan fingerprint density at radius 2 is 1.68 bits per heavy atom. The van der Waals surface area contributed by atoms with Gasteiger partial charge < -0.3 is 4.74 Å². The zero-order valence-corrected chi connectivity index (χ0v) is 20.4. The van der Waals surface area contributed by atoms with Crippen LogP contribution in [0.4, 0.5) is 0 Å². The highest BCUT2D eigenvalue weighted by Crippen LogP contribution is 2.24. The molecule has 2 aliphatic rings. The third-order valence-electron chi connectivity index (χ3n) is 6.04. The fraction of sp³-hybridized carbons (Fsp3) is 0.385. The summed E-state index contributed by atoms with van der Waals surface area (Å²) in [5.41, 5.74) is 1.42. The minimum absolute atomic E-state index is 0.0355. The van der Waals surface area contributed by atoms with Crippen molar-refractivity contribution in [2.75, 3.05) is 19.8 Å². The van der Waals surface area contributed by atoms with E-state index in [0.717, 1.165) is 5.56 Å². The average molecular weight is 483 g/mol. The van der Waals surface area contributed by atoms with E-state index in [0.29, 0.717) is 42.2 Å². The third-order valence-corrected chi connectivity index (χ3v) is 6.29. The van der Waals surface area contributed by atoms with E-state index in [1.54, 1.807) is 24.3 Å². The summed E-state index contributed by atoms with van der Waals surface area (Å²) in [5, 5.41) is 0.673. The number of benzene rings is 2. The van der Waals surface area contributed by atoms with Crippen molar-refractivity contribution in [3.05, 3.63) is 70.2 Å². The van der Waals surface area contributed by atoms with E-state index < -0.39 is 5.41 Å². The van der Waals surface area contributed by atoms with Gasteiger partial charge in [-0.15, -0.1) is 0 Å². The molecule has 4 rings (SSSR count). The minimum atomic E-state index is -0.576. The summed E-state index contributed by atoms with van der Waals surface area (Å²) in [6.45, 7) is 7.18. The maximum Gasteiger partial charge on any atom is 0.314 e. The first-order chi connectivity index (χ1) is 16.1. The first-order valence-corrected chi connectivity index (χ1v) is 11.7. The van der Waals surface area contributed by atoms with Crippen LogP contribution in [-0.4, -0.2) is 64.4 Å². The molecule has 0 aromatic heterocycles. The summed E-state index contributed by atoms with van der Waals surface area (Å²) in [4.78, 5) is 41.2. The van der Waals surface area contributed by atoms with Crippen molar-refractivity contribution in [3.63, 3.8) is 0 Å². The van der Waals surface area contributed by atoms with Gasteiger partial charge in [0, 0.05) is 18.0 Å². The lowest BCUT2D eigenvalue weighted by Crippen LogP contribution is -2.38. The lowest BCUT2D eigenvalue weighted by Gasteiger charge is -2.20. The summed E-state index contributed by atoms with van der Waals surface area (Å²) in [6.07, 6.45) is 2.55. The molecule has 2 aromatic carbocycles. The summed E-state index contributed by atoms with van der Waals surface area (Å²) in [6, 6.07) is 14.6. The molecule has 34 heavy (non-hydrogen) atoms. The van der Waals surface area contributed by atoms with Gasteiger partial charge in [0.1, 0.15) is 19.1 Å². The molecule has 8 heteroatoms. The maximum absolute atomic E-state index is 12.8. The standard InChI is InChI=1S/C26H29ClN3O4/c1-26(2,3)25(33)34-17-28-15-20(29(16-28)14-18-8-10-19(27)11-9-18)12-13-30-23(31)21-6-4-5-7-22(21)24(30)32/h4-11,16,20H,12-15,17H2,1-3H3/q+1. The minimum Gasteiger partial charge on any atom is -0.425 e. The van der Waals surface area contributed by atoms with Crippen LogP contribution in [0.2, 0.25) is 5.02 Å². The van der Waals surface area contributed by atoms with Gasteiger partial charge >= 0.3 is 5.97 Å². The molecule has 2 aromatic rings. The van der Waals surface area contributed by atoms with Gasteiger partial charge in [-0.2, -0.15) is 0 Å². The Kier molecular flexibility index (Phi) is 6.75. The third kappa shape index (κ3) is 5.14. The Morgan fingerprint density at radius 1 is 1.06 bits per heavy atom. The summed E-state index contributed by atoms with van der Waals surface area (Å²) >= 11 is 6.03. The van der Waals surface area contributed by atoms with Crippen LogP contribution in [-0.2, 0) is 16.1 Å². The highest BCUT2D eigenvalue weighted by molar-refractivity contribution is 6.30. The molecule has 0 spiro atoms. The van der Waals surface area contributed by atoms with Gasteiger partial charge in [-0.05, 0) is 50.6 Å². The Balaban J connectivity index is 1.45. The number of imide groups is 1. The second-order valence-electron chi connectivity index (χ2n) is 9.75. The van der Waals surface area contributed by atoms with E-state index in [1.807, 2.05) is 56.0 Å². The molecule has 178 valence electrons. The number of hydrogen-bond donors (Lipinski definition) is 0. The first kappa shape index (κ1) is 24.0. The van der Waals surface area contributed by atoms with Crippen molar-refractivity contribution in [1.29, 1.82) is 0 Å². The Hall–Kier alpha value is -3.19. The SMILES string of the molecule is CC(C)(C)C(=O)OC[N+]1=CN(Cc2ccc(Cl)cc2)C(CCN2C(=O)c3ccccc3C2=O)C1. The van der Waals surface area contributed by atoms with Gasteiger partial charge in [-0.3, -0.25) is 24.2 Å². The number of carbonyl (C=O) groups is 3. The van der Waals surface area contributed by atoms with Crippen LogP contribution < -0.4 is 0 Å². The highest BCUT2D eigenvalue weighted by Gasteiger charge is 2.38. The molecule has 0 fully saturated rings. The summed E-state index contributed by atoms with van der Waals surface area (Å²) in [5.74, 6) is -0.759. The molecule has 0 saturated carbocycles. The average Bonchev–Trinajstić information content (AvgIpc) is 3.29. The molecule has 0 saturated heterocycles.